The summed E-state index contributed by atoms with van der Waals surface area (Å²) in [5, 5.41) is 0.639. The minimum atomic E-state index is 0.0228. The Morgan fingerprint density at radius 3 is 2.75 bits per heavy atom. The number of para-hydroxylation sites is 2. The smallest absolute Gasteiger partial charge is 0.261 e. The van der Waals surface area contributed by atoms with Crippen molar-refractivity contribution in [2.45, 2.75) is 23.1 Å². The molecule has 1 atom stereocenters. The number of benzene rings is 2. The lowest BCUT2D eigenvalue weighted by atomic mass is 10.1. The van der Waals surface area contributed by atoms with Crippen molar-refractivity contribution in [3.8, 4) is 0 Å². The first kappa shape index (κ1) is 13.7. The molecule has 0 aliphatic rings. The maximum absolute atomic E-state index is 5.88. The molecule has 0 saturated heterocycles. The Morgan fingerprint density at radius 2 is 2.05 bits per heavy atom. The molecule has 1 heterocycles. The van der Waals surface area contributed by atoms with Gasteiger partial charge in [-0.1, -0.05) is 18.2 Å². The summed E-state index contributed by atoms with van der Waals surface area (Å²) in [7, 11) is 0. The third-order valence-corrected chi connectivity index (χ3v) is 4.80. The van der Waals surface area contributed by atoms with Crippen molar-refractivity contribution < 1.29 is 4.42 Å². The van der Waals surface area contributed by atoms with Gasteiger partial charge < -0.3 is 10.2 Å². The Hall–Kier alpha value is -1.30. The molecule has 0 bridgehead atoms. The van der Waals surface area contributed by atoms with Gasteiger partial charge in [0.15, 0.2) is 5.58 Å². The predicted octanol–water partition coefficient (Wildman–Crippen LogP) is 4.76. The zero-order chi connectivity index (χ0) is 14.1. The molecule has 0 fully saturated rings. The molecule has 3 rings (SSSR count). The van der Waals surface area contributed by atoms with Crippen LogP contribution in [0.25, 0.3) is 11.1 Å². The Labute approximate surface area is 129 Å². The Balaban J connectivity index is 1.90. The lowest BCUT2D eigenvalue weighted by molar-refractivity contribution is 0.489. The van der Waals surface area contributed by atoms with E-state index in [4.69, 9.17) is 10.2 Å². The van der Waals surface area contributed by atoms with Crippen LogP contribution in [0.2, 0.25) is 0 Å². The van der Waals surface area contributed by atoms with Crippen LogP contribution in [0.1, 0.15) is 18.5 Å². The summed E-state index contributed by atoms with van der Waals surface area (Å²) >= 11 is 5.07. The van der Waals surface area contributed by atoms with Crippen LogP contribution in [0.5, 0.6) is 0 Å². The minimum Gasteiger partial charge on any atom is -0.431 e. The van der Waals surface area contributed by atoms with Crippen LogP contribution >= 0.6 is 27.7 Å². The van der Waals surface area contributed by atoms with Gasteiger partial charge in [0.05, 0.1) is 0 Å². The third-order valence-electron chi connectivity index (χ3n) is 2.95. The molecule has 0 aliphatic heterocycles. The Bertz CT molecular complexity index is 721. The Kier molecular flexibility index (Phi) is 3.83. The van der Waals surface area contributed by atoms with E-state index in [-0.39, 0.29) is 6.04 Å². The Morgan fingerprint density at radius 1 is 1.25 bits per heavy atom. The number of aromatic nitrogens is 1. The molecular weight excluding hydrogens is 336 g/mol. The summed E-state index contributed by atoms with van der Waals surface area (Å²) in [6, 6.07) is 13.9. The van der Waals surface area contributed by atoms with E-state index in [2.05, 4.69) is 20.9 Å². The maximum atomic E-state index is 5.88. The van der Waals surface area contributed by atoms with E-state index in [0.717, 1.165) is 26.0 Å². The van der Waals surface area contributed by atoms with Crippen LogP contribution in [-0.4, -0.2) is 4.98 Å². The summed E-state index contributed by atoms with van der Waals surface area (Å²) < 4.78 is 6.71. The molecule has 2 aromatic carbocycles. The second-order valence-corrected chi connectivity index (χ2v) is 6.38. The van der Waals surface area contributed by atoms with Gasteiger partial charge in [-0.05, 0) is 64.4 Å². The number of hydrogen-bond acceptors (Lipinski definition) is 4. The van der Waals surface area contributed by atoms with Crippen molar-refractivity contribution >= 4 is 38.8 Å². The van der Waals surface area contributed by atoms with Crippen LogP contribution in [0.4, 0.5) is 0 Å². The number of nitrogens with two attached hydrogens (primary N) is 1. The number of rotatable bonds is 3. The fourth-order valence-corrected chi connectivity index (χ4v) is 3.27. The van der Waals surface area contributed by atoms with Gasteiger partial charge in [0, 0.05) is 15.4 Å². The molecule has 102 valence electrons. The van der Waals surface area contributed by atoms with Gasteiger partial charge in [-0.3, -0.25) is 0 Å². The minimum absolute atomic E-state index is 0.0228. The number of halogens is 1. The third kappa shape index (κ3) is 2.75. The molecule has 3 nitrogen and oxygen atoms in total. The summed E-state index contributed by atoms with van der Waals surface area (Å²) in [6.45, 7) is 1.97. The lowest BCUT2D eigenvalue weighted by Gasteiger charge is -2.08. The van der Waals surface area contributed by atoms with Crippen molar-refractivity contribution in [1.82, 2.24) is 4.98 Å². The van der Waals surface area contributed by atoms with Crippen molar-refractivity contribution in [1.29, 1.82) is 0 Å². The monoisotopic (exact) mass is 348 g/mol. The zero-order valence-electron chi connectivity index (χ0n) is 10.8. The van der Waals surface area contributed by atoms with Gasteiger partial charge in [-0.15, -0.1) is 0 Å². The van der Waals surface area contributed by atoms with E-state index in [9.17, 15) is 0 Å². The topological polar surface area (TPSA) is 52.0 Å². The van der Waals surface area contributed by atoms with E-state index in [1.807, 2.05) is 49.4 Å². The van der Waals surface area contributed by atoms with E-state index in [1.54, 1.807) is 0 Å². The summed E-state index contributed by atoms with van der Waals surface area (Å²) in [6.07, 6.45) is 0. The first-order chi connectivity index (χ1) is 9.63. The van der Waals surface area contributed by atoms with Crippen LogP contribution in [0, 0.1) is 0 Å². The molecule has 2 N–H and O–H groups in total. The SMILES string of the molecule is CC(N)c1ccc(Sc2nc3ccccc3o2)c(Br)c1. The number of hydrogen-bond donors (Lipinski definition) is 1. The summed E-state index contributed by atoms with van der Waals surface area (Å²) in [5.41, 5.74) is 8.65. The molecule has 0 aliphatic carbocycles. The van der Waals surface area contributed by atoms with Gasteiger partial charge in [0.1, 0.15) is 5.52 Å². The van der Waals surface area contributed by atoms with Gasteiger partial charge in [-0.2, -0.15) is 0 Å². The van der Waals surface area contributed by atoms with E-state index < -0.39 is 0 Å². The molecular formula is C15H13BrN2OS. The first-order valence-electron chi connectivity index (χ1n) is 6.22. The van der Waals surface area contributed by atoms with Crippen molar-refractivity contribution in [2.24, 2.45) is 5.73 Å². The van der Waals surface area contributed by atoms with Crippen molar-refractivity contribution in [3.63, 3.8) is 0 Å². The van der Waals surface area contributed by atoms with Crippen LogP contribution in [0.3, 0.4) is 0 Å². The van der Waals surface area contributed by atoms with Gasteiger partial charge >= 0.3 is 0 Å². The molecule has 3 aromatic rings. The number of fused-ring (bicyclic) bond motifs is 1. The van der Waals surface area contributed by atoms with Gasteiger partial charge in [0.2, 0.25) is 0 Å². The summed E-state index contributed by atoms with van der Waals surface area (Å²) in [5.74, 6) is 0. The number of oxazole rings is 1. The average molecular weight is 349 g/mol. The highest BCUT2D eigenvalue weighted by atomic mass is 79.9. The van der Waals surface area contributed by atoms with Crippen LogP contribution < -0.4 is 5.73 Å². The van der Waals surface area contributed by atoms with E-state index >= 15 is 0 Å². The highest BCUT2D eigenvalue weighted by Gasteiger charge is 2.10. The standard InChI is InChI=1S/C15H13BrN2OS/c1-9(17)10-6-7-14(11(16)8-10)20-15-18-12-4-2-3-5-13(12)19-15/h2-9H,17H2,1H3. The molecule has 1 aromatic heterocycles. The predicted molar refractivity (Wildman–Crippen MR) is 84.9 cm³/mol. The molecule has 0 radical (unpaired) electrons. The van der Waals surface area contributed by atoms with Crippen LogP contribution in [-0.2, 0) is 0 Å². The van der Waals surface area contributed by atoms with Crippen molar-refractivity contribution in [3.05, 3.63) is 52.5 Å². The molecule has 0 saturated carbocycles. The van der Waals surface area contributed by atoms with Gasteiger partial charge in [0.25, 0.3) is 5.22 Å². The van der Waals surface area contributed by atoms with E-state index in [1.165, 1.54) is 11.8 Å². The zero-order valence-corrected chi connectivity index (χ0v) is 13.2. The lowest BCUT2D eigenvalue weighted by Crippen LogP contribution is -2.04. The highest BCUT2D eigenvalue weighted by molar-refractivity contribution is 9.10. The second-order valence-electron chi connectivity index (χ2n) is 4.53. The summed E-state index contributed by atoms with van der Waals surface area (Å²) in [4.78, 5) is 5.51. The quantitative estimate of drug-likeness (QED) is 0.741. The van der Waals surface area contributed by atoms with Gasteiger partial charge in [-0.25, -0.2) is 4.98 Å². The van der Waals surface area contributed by atoms with E-state index in [0.29, 0.717) is 5.22 Å². The number of nitrogens with zero attached hydrogens (tertiary/aromatic N) is 1. The molecule has 0 spiro atoms. The molecule has 0 amide bonds. The molecule has 1 unspecified atom stereocenters. The molecule has 5 heteroatoms. The fraction of sp³-hybridized carbons (Fsp3) is 0.133. The maximum Gasteiger partial charge on any atom is 0.261 e. The second kappa shape index (κ2) is 5.60. The highest BCUT2D eigenvalue weighted by Crippen LogP contribution is 2.35. The largest absolute Gasteiger partial charge is 0.431 e. The average Bonchev–Trinajstić information content (AvgIpc) is 2.83. The molecule has 20 heavy (non-hydrogen) atoms. The normalized spacial score (nSPS) is 12.8. The van der Waals surface area contributed by atoms with Crippen molar-refractivity contribution in [2.75, 3.05) is 0 Å². The van der Waals surface area contributed by atoms with Crippen LogP contribution in [0.15, 0.2) is 61.5 Å². The fourth-order valence-electron chi connectivity index (χ4n) is 1.87. The first-order valence-corrected chi connectivity index (χ1v) is 7.83.